The van der Waals surface area contributed by atoms with Crippen LogP contribution < -0.4 is 9.64 Å². The lowest BCUT2D eigenvalue weighted by atomic mass is 10.0. The lowest BCUT2D eigenvalue weighted by molar-refractivity contribution is -0.118. The van der Waals surface area contributed by atoms with Crippen molar-refractivity contribution in [3.63, 3.8) is 0 Å². The number of piperidine rings is 1. The number of halogens is 5. The smallest absolute Gasteiger partial charge is 0.316 e. The Kier molecular flexibility index (Phi) is 32.1. The fourth-order valence-corrected chi connectivity index (χ4v) is 24.7. The van der Waals surface area contributed by atoms with E-state index >= 15 is 0 Å². The molecule has 1 aliphatic rings. The van der Waals surface area contributed by atoms with Crippen LogP contribution in [0.1, 0.15) is 87.1 Å². The summed E-state index contributed by atoms with van der Waals surface area (Å²) in [6, 6.07) is 73.8. The second kappa shape index (κ2) is 45.7. The molecule has 756 valence electrons. The predicted octanol–water partition coefficient (Wildman–Crippen LogP) is 20.2. The van der Waals surface area contributed by atoms with Gasteiger partial charge in [0.05, 0.1) is 80.5 Å². The Morgan fingerprint density at radius 2 is 0.831 bits per heavy atom. The summed E-state index contributed by atoms with van der Waals surface area (Å²) in [5.41, 5.74) is 11.3. The summed E-state index contributed by atoms with van der Waals surface area (Å²) in [6.07, 6.45) is 15.7. The van der Waals surface area contributed by atoms with Crippen LogP contribution in [0.15, 0.2) is 338 Å². The Morgan fingerprint density at radius 1 is 0.392 bits per heavy atom. The largest absolute Gasteiger partial charge is 0.467 e. The predicted molar refractivity (Wildman–Crippen MR) is 557 cm³/mol. The molecule has 0 amide bonds. The molecule has 37 heteroatoms. The van der Waals surface area contributed by atoms with Crippen molar-refractivity contribution < 1.29 is 84.3 Å². The van der Waals surface area contributed by atoms with E-state index < -0.39 is 96.6 Å². The van der Waals surface area contributed by atoms with Gasteiger partial charge >= 0.3 is 6.01 Å². The molecule has 20 rings (SSSR count). The molecular weight excluding hydrogens is 2010 g/mol. The molecule has 0 bridgehead atoms. The van der Waals surface area contributed by atoms with Crippen LogP contribution in [0.5, 0.6) is 6.01 Å². The molecule has 1 aliphatic heterocycles. The van der Waals surface area contributed by atoms with Crippen molar-refractivity contribution in [2.45, 2.75) is 123 Å². The van der Waals surface area contributed by atoms with Gasteiger partial charge in [-0.3, -0.25) is 24.2 Å². The first kappa shape index (κ1) is 104. The molecule has 1 unspecified atom stereocenters. The quantitative estimate of drug-likeness (QED) is 0.0361. The number of carbonyl (C=O) groups excluding carboxylic acids is 4. The van der Waals surface area contributed by atoms with E-state index in [0.717, 1.165) is 75.0 Å². The van der Waals surface area contributed by atoms with Crippen LogP contribution in [-0.4, -0.2) is 153 Å². The van der Waals surface area contributed by atoms with Crippen molar-refractivity contribution >= 4 is 135 Å². The molecule has 0 aliphatic carbocycles. The SMILES string of the molecule is COc1ncc(-c2cccc(Cn3cc(S(=O)(=O)CC(=O)Cc4ccccn4)c4c(F)cc(F)cc43)c2)cn1.Cc1cc(CC(=O)C(Cc2cccc(Cl)c2)S(=O)(=O)c2cn(Cc3cccc(Cl)c3)c3ccccc23)no1.Cc1cc(CC(=O)CS(=O)(=O)c2cn(Cc3cccc(-c4ccc(N5CCCCC5)nc4)c3)c3ccccc23)no1.Cc1cc(CC(=O)CS(=O)(=O)c2cn(Cc3ccccc3F)c3ccccc23)no1. The third-order valence-corrected chi connectivity index (χ3v) is 32.4. The molecular formula is C111H97Cl2F3N12O16S4. The van der Waals surface area contributed by atoms with Crippen molar-refractivity contribution in [2.24, 2.45) is 0 Å². The molecule has 9 aromatic carbocycles. The minimum atomic E-state index is -4.26. The van der Waals surface area contributed by atoms with E-state index in [1.807, 2.05) is 88.1 Å². The third-order valence-electron chi connectivity index (χ3n) is 24.8. The molecule has 0 radical (unpaired) electrons. The maximum Gasteiger partial charge on any atom is 0.316 e. The van der Waals surface area contributed by atoms with Gasteiger partial charge in [-0.1, -0.05) is 178 Å². The number of sulfone groups is 4. The summed E-state index contributed by atoms with van der Waals surface area (Å²) in [4.78, 5) is 70.5. The van der Waals surface area contributed by atoms with Gasteiger partial charge in [0.1, 0.15) is 63.1 Å². The van der Waals surface area contributed by atoms with E-state index in [9.17, 15) is 66.0 Å². The van der Waals surface area contributed by atoms with Crippen LogP contribution in [0.3, 0.4) is 0 Å². The average molecular weight is 2110 g/mol. The Hall–Kier alpha value is -15.4. The van der Waals surface area contributed by atoms with E-state index in [2.05, 4.69) is 59.6 Å². The topological polar surface area (TPSA) is 367 Å². The van der Waals surface area contributed by atoms with E-state index in [1.54, 1.807) is 190 Å². The number of carbonyl (C=O) groups is 4. The molecule has 28 nitrogen and oxygen atoms in total. The number of pyridine rings is 2. The second-order valence-electron chi connectivity index (χ2n) is 35.9. The lowest BCUT2D eigenvalue weighted by Gasteiger charge is -2.27. The highest BCUT2D eigenvalue weighted by Crippen LogP contribution is 2.38. The number of ether oxygens (including phenoxy) is 1. The number of nitrogens with zero attached hydrogens (tertiary/aromatic N) is 12. The van der Waals surface area contributed by atoms with Gasteiger partial charge in [-0.15, -0.1) is 0 Å². The number of fused-ring (bicyclic) bond motifs is 4. The van der Waals surface area contributed by atoms with Gasteiger partial charge < -0.3 is 41.5 Å². The fraction of sp³-hybridized carbons (Fsp3) is 0.198. The summed E-state index contributed by atoms with van der Waals surface area (Å²) < 4.78 is 178. The van der Waals surface area contributed by atoms with Crippen LogP contribution in [0, 0.1) is 38.2 Å². The highest BCUT2D eigenvalue weighted by atomic mass is 35.5. The molecule has 1 fully saturated rings. The first-order valence-electron chi connectivity index (χ1n) is 47.0. The van der Waals surface area contributed by atoms with Gasteiger partial charge in [-0.05, 0) is 171 Å². The third kappa shape index (κ3) is 25.3. The number of ketones is 4. The van der Waals surface area contributed by atoms with Crippen LogP contribution in [0.2, 0.25) is 10.0 Å². The zero-order valence-corrected chi connectivity index (χ0v) is 85.2. The van der Waals surface area contributed by atoms with Crippen molar-refractivity contribution in [2.75, 3.05) is 42.4 Å². The highest BCUT2D eigenvalue weighted by Gasteiger charge is 2.38. The van der Waals surface area contributed by atoms with Gasteiger partial charge in [0.2, 0.25) is 0 Å². The molecule has 1 atom stereocenters. The summed E-state index contributed by atoms with van der Waals surface area (Å²) >= 11 is 12.3. The molecule has 11 heterocycles. The van der Waals surface area contributed by atoms with Gasteiger partial charge in [0, 0.05) is 178 Å². The number of aryl methyl sites for hydroxylation is 3. The van der Waals surface area contributed by atoms with E-state index in [-0.39, 0.29) is 87.5 Å². The van der Waals surface area contributed by atoms with Crippen LogP contribution >= 0.6 is 23.2 Å². The number of benzene rings is 9. The Balaban J connectivity index is 0.000000135. The summed E-state index contributed by atoms with van der Waals surface area (Å²) in [5, 5.41) is 12.6. The van der Waals surface area contributed by atoms with Crippen LogP contribution in [0.4, 0.5) is 19.0 Å². The number of anilines is 1. The van der Waals surface area contributed by atoms with Crippen LogP contribution in [0.25, 0.3) is 65.9 Å². The van der Waals surface area contributed by atoms with E-state index in [1.165, 1.54) is 55.6 Å². The lowest BCUT2D eigenvalue weighted by Crippen LogP contribution is -2.34. The Morgan fingerprint density at radius 3 is 1.33 bits per heavy atom. The second-order valence-corrected chi connectivity index (χ2v) is 44.7. The number of Topliss-reactive ketones (excluding diaryl/α,β-unsaturated/α-hetero) is 4. The monoisotopic (exact) mass is 2110 g/mol. The van der Waals surface area contributed by atoms with E-state index in [0.29, 0.717) is 102 Å². The Bertz CT molecular complexity index is 8650. The number of rotatable bonds is 34. The molecule has 0 saturated carbocycles. The molecule has 148 heavy (non-hydrogen) atoms. The first-order chi connectivity index (χ1) is 71.1. The zero-order valence-electron chi connectivity index (χ0n) is 80.4. The number of aromatic nitrogens is 11. The van der Waals surface area contributed by atoms with Gasteiger partial charge in [-0.25, -0.2) is 61.8 Å². The average Bonchev–Trinajstić information content (AvgIpc) is 1.60. The summed E-state index contributed by atoms with van der Waals surface area (Å²) in [6.45, 7) is 8.44. The molecule has 19 aromatic rings. The minimum Gasteiger partial charge on any atom is -0.467 e. The number of methoxy groups -OCH3 is 1. The molecule has 1 saturated heterocycles. The maximum atomic E-state index is 15.0. The zero-order chi connectivity index (χ0) is 104. The van der Waals surface area contributed by atoms with Crippen molar-refractivity contribution in [3.8, 4) is 28.3 Å². The summed E-state index contributed by atoms with van der Waals surface area (Å²) in [7, 11) is -14.7. The highest BCUT2D eigenvalue weighted by molar-refractivity contribution is 7.93. The molecule has 0 N–H and O–H groups in total. The molecule has 10 aromatic heterocycles. The number of hydrogen-bond acceptors (Lipinski definition) is 24. The van der Waals surface area contributed by atoms with Gasteiger partial charge in [0.25, 0.3) is 0 Å². The standard InChI is InChI=1S/C32H32N4O4S.C29H24Cl2N2O4S.C28H22F2N4O4S.C22H19FN2O4S/c1-23-16-27(34-40-23)18-28(37)22-41(38,39)31-21-36(30-11-4-3-10-29(30)31)20-24-8-7-9-25(17-24)26-12-13-32(33-19-26)35-14-5-2-6-15-35;1-19-12-24(32-37-19)16-27(34)28(15-20-6-4-8-22(30)13-20)38(35,36)29-18-33(26-11-3-2-10-25(26)29)17-21-7-5-9-23(31)14-21;1-38-28-32-13-20(14-33-28)19-6-4-5-18(9-19)15-34-16-26(27-24(30)10-21(29)11-25(27)34)39(36,37)17-23(35)12-22-7-2-3-8-31-22;1-15-10-17(24-29-15)11-18(26)14-30(27,28)22-13-25(21-9-5-3-7-19(21)22)12-16-6-2-4-8-20(16)23/h3-4,7-13,16-17,19,21H,2,5-6,14-15,18,20,22H2,1H3;2-14,18,28H,15-17H2,1H3;2-11,13-14,16H,12,15,17H2,1H3;2-10,13H,11-12,14H2,1H3. The number of para-hydroxylation sites is 3. The fourth-order valence-electron chi connectivity index (χ4n) is 18.0. The van der Waals surface area contributed by atoms with Crippen LogP contribution in [-0.2, 0) is 117 Å². The van der Waals surface area contributed by atoms with Crippen molar-refractivity contribution in [3.05, 3.63) is 400 Å². The van der Waals surface area contributed by atoms with Gasteiger partial charge in [-0.2, -0.15) is 0 Å². The number of hydrogen-bond donors (Lipinski definition) is 0. The molecule has 0 spiro atoms. The van der Waals surface area contributed by atoms with Gasteiger partial charge in [0.15, 0.2) is 62.5 Å². The maximum absolute atomic E-state index is 15.0. The first-order valence-corrected chi connectivity index (χ1v) is 54.2. The van der Waals surface area contributed by atoms with E-state index in [4.69, 9.17) is 46.5 Å². The van der Waals surface area contributed by atoms with Crippen molar-refractivity contribution in [1.29, 1.82) is 0 Å². The van der Waals surface area contributed by atoms with Crippen molar-refractivity contribution in [1.82, 2.24) is 53.7 Å². The Labute approximate surface area is 860 Å². The minimum absolute atomic E-state index is 0.0215. The normalized spacial score (nSPS) is 12.6. The summed E-state index contributed by atoms with van der Waals surface area (Å²) in [5.74, 6) is -3.58.